The highest BCUT2D eigenvalue weighted by Gasteiger charge is 2.21. The fourth-order valence-corrected chi connectivity index (χ4v) is 3.71. The maximum absolute atomic E-state index is 13.2. The molecule has 29 heavy (non-hydrogen) atoms. The predicted octanol–water partition coefficient (Wildman–Crippen LogP) is 2.63. The van der Waals surface area contributed by atoms with E-state index in [1.165, 1.54) is 16.4 Å². The zero-order valence-electron chi connectivity index (χ0n) is 16.1. The molecule has 0 aliphatic heterocycles. The first-order valence-electron chi connectivity index (χ1n) is 9.10. The van der Waals surface area contributed by atoms with Crippen LogP contribution in [0.15, 0.2) is 70.6 Å². The van der Waals surface area contributed by atoms with Crippen LogP contribution < -0.4 is 10.3 Å². The zero-order chi connectivity index (χ0) is 20.2. The molecule has 2 aromatic heterocycles. The standard InChI is InChI=1S/C20H20N6O2S/c1-15-18(19(27)26(24(15)2)16-9-5-3-6-10-16)25-20(21-22-23-25)29-14-13-28-17-11-7-4-8-12-17/h3-12H,13-14H2,1-2H3. The van der Waals surface area contributed by atoms with Crippen molar-refractivity contribution < 1.29 is 4.74 Å². The lowest BCUT2D eigenvalue weighted by molar-refractivity contribution is 0.344. The topological polar surface area (TPSA) is 79.8 Å². The Kier molecular flexibility index (Phi) is 5.48. The highest BCUT2D eigenvalue weighted by Crippen LogP contribution is 2.20. The van der Waals surface area contributed by atoms with Gasteiger partial charge in [-0.05, 0) is 41.6 Å². The number of thioether (sulfide) groups is 1. The van der Waals surface area contributed by atoms with Gasteiger partial charge in [0.1, 0.15) is 5.75 Å². The molecule has 0 saturated heterocycles. The van der Waals surface area contributed by atoms with Crippen molar-refractivity contribution in [2.75, 3.05) is 12.4 Å². The van der Waals surface area contributed by atoms with Crippen molar-refractivity contribution in [3.63, 3.8) is 0 Å². The minimum Gasteiger partial charge on any atom is -0.493 e. The Labute approximate surface area is 171 Å². The Morgan fingerprint density at radius 2 is 1.72 bits per heavy atom. The van der Waals surface area contributed by atoms with Gasteiger partial charge in [-0.2, -0.15) is 4.68 Å². The minimum absolute atomic E-state index is 0.175. The second kappa shape index (κ2) is 8.36. The molecule has 4 aromatic rings. The summed E-state index contributed by atoms with van der Waals surface area (Å²) < 4.78 is 10.6. The summed E-state index contributed by atoms with van der Waals surface area (Å²) in [5.74, 6) is 1.46. The summed E-state index contributed by atoms with van der Waals surface area (Å²) in [7, 11) is 1.85. The van der Waals surface area contributed by atoms with Crippen LogP contribution in [-0.4, -0.2) is 41.9 Å². The zero-order valence-corrected chi connectivity index (χ0v) is 16.9. The predicted molar refractivity (Wildman–Crippen MR) is 111 cm³/mol. The number of para-hydroxylation sites is 2. The second-order valence-electron chi connectivity index (χ2n) is 6.29. The molecule has 0 atom stereocenters. The molecule has 0 aliphatic carbocycles. The summed E-state index contributed by atoms with van der Waals surface area (Å²) in [6.45, 7) is 2.38. The van der Waals surface area contributed by atoms with Crippen molar-refractivity contribution >= 4 is 11.8 Å². The van der Waals surface area contributed by atoms with Gasteiger partial charge in [0, 0.05) is 12.8 Å². The SMILES string of the molecule is Cc1c(-n2nnnc2SCCOc2ccccc2)c(=O)n(-c2ccccc2)n1C. The van der Waals surface area contributed by atoms with E-state index in [-0.39, 0.29) is 5.56 Å². The fraction of sp³-hybridized carbons (Fsp3) is 0.200. The molecule has 8 nitrogen and oxygen atoms in total. The molecule has 0 aliphatic rings. The average Bonchev–Trinajstić information content (AvgIpc) is 3.29. The van der Waals surface area contributed by atoms with Crippen molar-refractivity contribution in [2.45, 2.75) is 12.1 Å². The van der Waals surface area contributed by atoms with Crippen LogP contribution in [0.1, 0.15) is 5.69 Å². The first kappa shape index (κ1) is 19.0. The number of hydrogen-bond donors (Lipinski definition) is 0. The van der Waals surface area contributed by atoms with Gasteiger partial charge >= 0.3 is 0 Å². The third kappa shape index (κ3) is 3.81. The average molecular weight is 408 g/mol. The van der Waals surface area contributed by atoms with Crippen LogP contribution in [0.2, 0.25) is 0 Å². The molecule has 4 rings (SSSR count). The Morgan fingerprint density at radius 1 is 1.03 bits per heavy atom. The molecule has 0 spiro atoms. The summed E-state index contributed by atoms with van der Waals surface area (Å²) in [5, 5.41) is 12.5. The van der Waals surface area contributed by atoms with Gasteiger partial charge in [0.05, 0.1) is 18.0 Å². The molecule has 0 saturated carbocycles. The molecular weight excluding hydrogens is 388 g/mol. The minimum atomic E-state index is -0.175. The van der Waals surface area contributed by atoms with E-state index in [1.807, 2.05) is 79.3 Å². The first-order valence-corrected chi connectivity index (χ1v) is 10.1. The molecule has 0 amide bonds. The van der Waals surface area contributed by atoms with Crippen LogP contribution in [0.5, 0.6) is 5.75 Å². The summed E-state index contributed by atoms with van der Waals surface area (Å²) in [6.07, 6.45) is 0. The largest absolute Gasteiger partial charge is 0.493 e. The third-order valence-electron chi connectivity index (χ3n) is 4.50. The molecule has 0 N–H and O–H groups in total. The molecule has 9 heteroatoms. The smallest absolute Gasteiger partial charge is 0.297 e. The van der Waals surface area contributed by atoms with Crippen LogP contribution in [0.4, 0.5) is 0 Å². The number of aromatic nitrogens is 6. The first-order chi connectivity index (χ1) is 14.2. The molecule has 2 aromatic carbocycles. The van der Waals surface area contributed by atoms with Crippen molar-refractivity contribution in [1.29, 1.82) is 0 Å². The normalized spacial score (nSPS) is 11.0. The fourth-order valence-electron chi connectivity index (χ4n) is 3.02. The van der Waals surface area contributed by atoms with Crippen LogP contribution in [0.3, 0.4) is 0 Å². The molecule has 0 fully saturated rings. The lowest BCUT2D eigenvalue weighted by Gasteiger charge is -2.07. The van der Waals surface area contributed by atoms with E-state index in [0.29, 0.717) is 23.2 Å². The van der Waals surface area contributed by atoms with E-state index in [4.69, 9.17) is 4.74 Å². The molecular formula is C20H20N6O2S. The number of tetrazole rings is 1. The van der Waals surface area contributed by atoms with E-state index < -0.39 is 0 Å². The van der Waals surface area contributed by atoms with Gasteiger partial charge in [-0.25, -0.2) is 4.68 Å². The maximum atomic E-state index is 13.2. The van der Waals surface area contributed by atoms with Crippen LogP contribution >= 0.6 is 11.8 Å². The van der Waals surface area contributed by atoms with Crippen molar-refractivity contribution in [2.24, 2.45) is 7.05 Å². The van der Waals surface area contributed by atoms with Gasteiger partial charge in [0.15, 0.2) is 5.69 Å². The lowest BCUT2D eigenvalue weighted by Crippen LogP contribution is -2.22. The summed E-state index contributed by atoms with van der Waals surface area (Å²) >= 11 is 1.44. The van der Waals surface area contributed by atoms with Crippen molar-refractivity contribution in [3.8, 4) is 17.1 Å². The summed E-state index contributed by atoms with van der Waals surface area (Å²) in [6, 6.07) is 19.1. The summed E-state index contributed by atoms with van der Waals surface area (Å²) in [4.78, 5) is 13.2. The Morgan fingerprint density at radius 3 is 2.45 bits per heavy atom. The quantitative estimate of drug-likeness (QED) is 0.345. The Hall–Kier alpha value is -3.33. The number of hydrogen-bond acceptors (Lipinski definition) is 6. The molecule has 2 heterocycles. The van der Waals surface area contributed by atoms with E-state index in [9.17, 15) is 4.79 Å². The number of benzene rings is 2. The molecule has 148 valence electrons. The number of nitrogens with zero attached hydrogens (tertiary/aromatic N) is 6. The van der Waals surface area contributed by atoms with Gasteiger partial charge in [0.2, 0.25) is 5.16 Å². The van der Waals surface area contributed by atoms with Crippen molar-refractivity contribution in [1.82, 2.24) is 29.6 Å². The number of rotatable bonds is 7. The molecule has 0 unspecified atom stereocenters. The van der Waals surface area contributed by atoms with E-state index >= 15 is 0 Å². The van der Waals surface area contributed by atoms with Crippen LogP contribution in [0, 0.1) is 6.92 Å². The van der Waals surface area contributed by atoms with E-state index in [1.54, 1.807) is 4.68 Å². The van der Waals surface area contributed by atoms with Gasteiger partial charge in [0.25, 0.3) is 5.56 Å². The molecule has 0 bridgehead atoms. The molecule has 0 radical (unpaired) electrons. The highest BCUT2D eigenvalue weighted by atomic mass is 32.2. The van der Waals surface area contributed by atoms with E-state index in [0.717, 1.165) is 17.1 Å². The third-order valence-corrected chi connectivity index (χ3v) is 5.39. The van der Waals surface area contributed by atoms with Crippen LogP contribution in [0.25, 0.3) is 11.4 Å². The maximum Gasteiger partial charge on any atom is 0.297 e. The van der Waals surface area contributed by atoms with Gasteiger partial charge in [-0.15, -0.1) is 5.10 Å². The van der Waals surface area contributed by atoms with E-state index in [2.05, 4.69) is 15.5 Å². The Balaban J connectivity index is 1.56. The van der Waals surface area contributed by atoms with Gasteiger partial charge < -0.3 is 4.74 Å². The monoisotopic (exact) mass is 408 g/mol. The van der Waals surface area contributed by atoms with Gasteiger partial charge in [-0.3, -0.25) is 9.48 Å². The van der Waals surface area contributed by atoms with Crippen LogP contribution in [-0.2, 0) is 7.05 Å². The lowest BCUT2D eigenvalue weighted by atomic mass is 10.3. The highest BCUT2D eigenvalue weighted by molar-refractivity contribution is 7.99. The number of ether oxygens (including phenoxy) is 1. The summed E-state index contributed by atoms with van der Waals surface area (Å²) in [5.41, 5.74) is 1.82. The van der Waals surface area contributed by atoms with Gasteiger partial charge in [-0.1, -0.05) is 48.2 Å². The Bertz CT molecular complexity index is 1150. The second-order valence-corrected chi connectivity index (χ2v) is 7.36. The van der Waals surface area contributed by atoms with Crippen molar-refractivity contribution in [3.05, 3.63) is 76.7 Å².